The van der Waals surface area contributed by atoms with Gasteiger partial charge in [-0.15, -0.1) is 0 Å². The molecule has 2 heterocycles. The topological polar surface area (TPSA) is 232 Å². The first-order valence-corrected chi connectivity index (χ1v) is 17.7. The van der Waals surface area contributed by atoms with Crippen LogP contribution in [0.2, 0.25) is 10.0 Å². The van der Waals surface area contributed by atoms with Gasteiger partial charge in [0.15, 0.2) is 15.2 Å². The number of ether oxygens (including phenoxy) is 3. The van der Waals surface area contributed by atoms with Gasteiger partial charge >= 0.3 is 24.0 Å². The lowest BCUT2D eigenvalue weighted by atomic mass is 9.89. The van der Waals surface area contributed by atoms with Crippen LogP contribution in [0.25, 0.3) is 0 Å². The van der Waals surface area contributed by atoms with Crippen molar-refractivity contribution in [3.05, 3.63) is 74.4 Å². The Labute approximate surface area is 301 Å². The number of hydrogen-bond donors (Lipinski definition) is 4. The number of carboxylic acid groups (broad SMARTS) is 2. The SMILES string of the molecule is COc1ccc(CC(=O)O)cc1[C@H](CCCNC(=O)OCc1ccc(Cl)cc1Cl)C(=O)N[C@H]1C(=O)N2C(C(=O)O)=C(COC(C)=O)CS(=O)(=O)[C@@H]12. The third-order valence-electron chi connectivity index (χ3n) is 7.97. The van der Waals surface area contributed by atoms with Gasteiger partial charge in [0.25, 0.3) is 5.91 Å². The Balaban J connectivity index is 1.53. The van der Waals surface area contributed by atoms with Gasteiger partial charge in [0.05, 0.1) is 25.2 Å². The van der Waals surface area contributed by atoms with E-state index in [1.54, 1.807) is 12.1 Å². The van der Waals surface area contributed by atoms with Crippen molar-refractivity contribution in [2.45, 2.75) is 50.1 Å². The summed E-state index contributed by atoms with van der Waals surface area (Å²) in [4.78, 5) is 75.0. The predicted octanol–water partition coefficient (Wildman–Crippen LogP) is 2.40. The highest BCUT2D eigenvalue weighted by molar-refractivity contribution is 7.92. The molecule has 4 N–H and O–H groups in total. The highest BCUT2D eigenvalue weighted by atomic mass is 35.5. The number of carbonyl (C=O) groups excluding carboxylic acids is 4. The van der Waals surface area contributed by atoms with Gasteiger partial charge in [-0.3, -0.25) is 24.1 Å². The lowest BCUT2D eigenvalue weighted by Gasteiger charge is -2.49. The molecule has 274 valence electrons. The molecule has 16 nitrogen and oxygen atoms in total. The molecule has 0 bridgehead atoms. The van der Waals surface area contributed by atoms with Crippen LogP contribution in [0.1, 0.15) is 42.4 Å². The molecule has 2 aliphatic rings. The smallest absolute Gasteiger partial charge is 0.407 e. The summed E-state index contributed by atoms with van der Waals surface area (Å²) in [6.07, 6.45) is -1.07. The minimum atomic E-state index is -4.29. The number of rotatable bonds is 15. The number of nitrogens with zero attached hydrogens (tertiary/aromatic N) is 1. The number of nitrogens with one attached hydrogen (secondary N) is 2. The summed E-state index contributed by atoms with van der Waals surface area (Å²) in [6, 6.07) is 7.39. The van der Waals surface area contributed by atoms with E-state index in [4.69, 9.17) is 37.4 Å². The van der Waals surface area contributed by atoms with Crippen LogP contribution in [0, 0.1) is 0 Å². The van der Waals surface area contributed by atoms with Crippen LogP contribution in [-0.4, -0.2) is 96.8 Å². The zero-order chi connectivity index (χ0) is 37.6. The average molecular weight is 771 g/mol. The van der Waals surface area contributed by atoms with Gasteiger partial charge in [-0.2, -0.15) is 0 Å². The molecule has 4 rings (SSSR count). The number of amides is 3. The number of hydrogen-bond acceptors (Lipinski definition) is 11. The van der Waals surface area contributed by atoms with Gasteiger partial charge in [0.1, 0.15) is 30.7 Å². The number of carbonyl (C=O) groups is 6. The van der Waals surface area contributed by atoms with Crippen molar-refractivity contribution in [3.63, 3.8) is 0 Å². The maximum absolute atomic E-state index is 13.9. The highest BCUT2D eigenvalue weighted by Crippen LogP contribution is 2.38. The molecule has 0 unspecified atom stereocenters. The molecule has 19 heteroatoms. The predicted molar refractivity (Wildman–Crippen MR) is 179 cm³/mol. The number of aliphatic carboxylic acids is 2. The molecule has 1 saturated heterocycles. The fourth-order valence-corrected chi connectivity index (χ4v) is 8.14. The summed E-state index contributed by atoms with van der Waals surface area (Å²) in [5, 5.41) is 23.1. The van der Waals surface area contributed by atoms with E-state index in [0.29, 0.717) is 26.1 Å². The number of carboxylic acids is 2. The fourth-order valence-electron chi connectivity index (χ4n) is 5.67. The van der Waals surface area contributed by atoms with Crippen LogP contribution >= 0.6 is 23.2 Å². The maximum atomic E-state index is 13.9. The van der Waals surface area contributed by atoms with E-state index in [1.165, 1.54) is 31.4 Å². The van der Waals surface area contributed by atoms with Gasteiger partial charge < -0.3 is 35.1 Å². The molecule has 3 amide bonds. The summed E-state index contributed by atoms with van der Waals surface area (Å²) in [7, 11) is -2.96. The lowest BCUT2D eigenvalue weighted by Crippen LogP contribution is -2.75. The molecule has 3 atom stereocenters. The molecule has 51 heavy (non-hydrogen) atoms. The molecule has 0 spiro atoms. The van der Waals surface area contributed by atoms with Gasteiger partial charge in [-0.25, -0.2) is 18.0 Å². The average Bonchev–Trinajstić information content (AvgIpc) is 3.04. The van der Waals surface area contributed by atoms with Crippen LogP contribution in [0.3, 0.4) is 0 Å². The Kier molecular flexibility index (Phi) is 12.5. The third-order valence-corrected chi connectivity index (χ3v) is 10.5. The molecule has 1 fully saturated rings. The van der Waals surface area contributed by atoms with E-state index in [-0.39, 0.29) is 42.9 Å². The second-order valence-electron chi connectivity index (χ2n) is 11.5. The number of esters is 1. The zero-order valence-electron chi connectivity index (χ0n) is 27.1. The van der Waals surface area contributed by atoms with E-state index in [0.717, 1.165) is 6.92 Å². The Morgan fingerprint density at radius 1 is 1.04 bits per heavy atom. The van der Waals surface area contributed by atoms with Crippen molar-refractivity contribution in [3.8, 4) is 5.75 Å². The summed E-state index contributed by atoms with van der Waals surface area (Å²) in [5.41, 5.74) is 0.0706. The number of methoxy groups -OCH3 is 1. The van der Waals surface area contributed by atoms with Gasteiger partial charge in [0, 0.05) is 40.2 Å². The first-order chi connectivity index (χ1) is 24.0. The first kappa shape index (κ1) is 38.9. The largest absolute Gasteiger partial charge is 0.496 e. The summed E-state index contributed by atoms with van der Waals surface area (Å²) in [6.45, 7) is 0.222. The van der Waals surface area contributed by atoms with E-state index in [9.17, 15) is 47.4 Å². The minimum absolute atomic E-state index is 0.000879. The second-order valence-corrected chi connectivity index (χ2v) is 14.5. The molecule has 0 radical (unpaired) electrons. The van der Waals surface area contributed by atoms with Crippen molar-refractivity contribution in [1.82, 2.24) is 15.5 Å². The second kappa shape index (κ2) is 16.4. The van der Waals surface area contributed by atoms with Crippen LogP contribution in [0.15, 0.2) is 47.7 Å². The normalized spacial score (nSPS) is 18.1. The Morgan fingerprint density at radius 3 is 2.39 bits per heavy atom. The molecule has 0 saturated carbocycles. The zero-order valence-corrected chi connectivity index (χ0v) is 29.5. The van der Waals surface area contributed by atoms with E-state index in [1.807, 2.05) is 0 Å². The summed E-state index contributed by atoms with van der Waals surface area (Å²) < 4.78 is 42.0. The van der Waals surface area contributed by atoms with E-state index >= 15 is 0 Å². The van der Waals surface area contributed by atoms with E-state index < -0.39 is 87.5 Å². The highest BCUT2D eigenvalue weighted by Gasteiger charge is 2.60. The van der Waals surface area contributed by atoms with Crippen molar-refractivity contribution < 1.29 is 61.6 Å². The van der Waals surface area contributed by atoms with Crippen LogP contribution in [-0.2, 0) is 56.3 Å². The van der Waals surface area contributed by atoms with Crippen LogP contribution in [0.4, 0.5) is 4.79 Å². The van der Waals surface area contributed by atoms with Crippen molar-refractivity contribution in [1.29, 1.82) is 0 Å². The monoisotopic (exact) mass is 769 g/mol. The van der Waals surface area contributed by atoms with Gasteiger partial charge in [-0.05, 0) is 36.6 Å². The number of halogens is 2. The number of alkyl carbamates (subject to hydrolysis) is 1. The Hall–Kier alpha value is -4.87. The molecule has 2 aromatic rings. The molecule has 2 aliphatic heterocycles. The Bertz CT molecular complexity index is 1900. The minimum Gasteiger partial charge on any atom is -0.496 e. The van der Waals surface area contributed by atoms with Crippen molar-refractivity contribution in [2.75, 3.05) is 26.0 Å². The van der Waals surface area contributed by atoms with Gasteiger partial charge in [0.2, 0.25) is 5.91 Å². The molecule has 0 aliphatic carbocycles. The molecule has 2 aromatic carbocycles. The molecular formula is C32H33Cl2N3O13S. The summed E-state index contributed by atoms with van der Waals surface area (Å²) in [5.74, 6) is -7.26. The molecular weight excluding hydrogens is 737 g/mol. The quantitative estimate of drug-likeness (QED) is 0.116. The number of fused-ring (bicyclic) bond motifs is 1. The first-order valence-electron chi connectivity index (χ1n) is 15.2. The van der Waals surface area contributed by atoms with Gasteiger partial charge in [-0.1, -0.05) is 41.4 Å². The fraction of sp³-hybridized carbons (Fsp3) is 0.375. The van der Waals surface area contributed by atoms with E-state index in [2.05, 4.69) is 10.6 Å². The summed E-state index contributed by atoms with van der Waals surface area (Å²) >= 11 is 12.0. The lowest BCUT2D eigenvalue weighted by molar-refractivity contribution is -0.151. The van der Waals surface area contributed by atoms with Crippen molar-refractivity contribution >= 4 is 68.9 Å². The Morgan fingerprint density at radius 2 is 1.76 bits per heavy atom. The number of benzene rings is 2. The molecule has 0 aromatic heterocycles. The maximum Gasteiger partial charge on any atom is 0.407 e. The number of β-lactam (4-membered cyclic amide) rings is 1. The van der Waals surface area contributed by atoms with Crippen LogP contribution < -0.4 is 15.4 Å². The third kappa shape index (κ3) is 9.28. The van der Waals surface area contributed by atoms with Crippen molar-refractivity contribution in [2.24, 2.45) is 0 Å². The standard InChI is InChI=1S/C32H33Cl2N3O13S/c1-16(38)49-14-19-15-51(46,47)30-26(29(42)37(30)27(19)31(43)44)36-28(41)21(22-10-17(11-25(39)40)5-8-24(22)48-2)4-3-9-35-32(45)50-13-18-6-7-20(33)12-23(18)34/h5-8,10,12,21,26,30H,3-4,9,11,13-15H2,1-2H3,(H,35,45)(H,36,41)(H,39,40)(H,43,44)/t21-,26-,30-/m0/s1. The number of sulfone groups is 1. The van der Waals surface area contributed by atoms with Crippen LogP contribution in [0.5, 0.6) is 5.75 Å².